The largest absolute Gasteiger partial charge is 0.310 e. The number of nitrogens with zero attached hydrogens (tertiary/aromatic N) is 1. The first-order valence-corrected chi connectivity index (χ1v) is 6.22. The molecule has 0 bridgehead atoms. The lowest BCUT2D eigenvalue weighted by Crippen LogP contribution is -2.23. The van der Waals surface area contributed by atoms with Gasteiger partial charge in [0.25, 0.3) is 0 Å². The topological polar surface area (TPSA) is 42.0 Å². The van der Waals surface area contributed by atoms with E-state index in [1.54, 1.807) is 6.07 Å². The molecule has 0 unspecified atom stereocenters. The summed E-state index contributed by atoms with van der Waals surface area (Å²) in [6.07, 6.45) is 1.47. The van der Waals surface area contributed by atoms with E-state index in [0.717, 1.165) is 12.8 Å². The maximum absolute atomic E-state index is 12.9. The van der Waals surface area contributed by atoms with E-state index >= 15 is 0 Å². The number of carbonyl (C=O) groups excluding carboxylic acids is 1. The summed E-state index contributed by atoms with van der Waals surface area (Å²) < 4.78 is 12.9. The number of anilines is 1. The van der Waals surface area contributed by atoms with Crippen LogP contribution in [0.1, 0.15) is 11.1 Å². The van der Waals surface area contributed by atoms with Crippen molar-refractivity contribution in [1.82, 2.24) is 4.98 Å². The summed E-state index contributed by atoms with van der Waals surface area (Å²) in [7, 11) is 0. The second-order valence-corrected chi connectivity index (χ2v) is 4.71. The molecule has 1 amide bonds. The number of benzene rings is 1. The van der Waals surface area contributed by atoms with Crippen molar-refractivity contribution in [3.05, 3.63) is 59.5 Å². The molecule has 0 atom stereocenters. The SMILES string of the molecule is O=C(Nc1cccc(F)n1)C1Cc2ccccc2C1. The van der Waals surface area contributed by atoms with Crippen molar-refractivity contribution in [1.29, 1.82) is 0 Å². The number of aromatic nitrogens is 1. The second kappa shape index (κ2) is 4.80. The molecule has 96 valence electrons. The lowest BCUT2D eigenvalue weighted by atomic mass is 10.1. The first-order chi connectivity index (χ1) is 9.22. The molecule has 3 nitrogen and oxygen atoms in total. The first-order valence-electron chi connectivity index (χ1n) is 6.22. The molecule has 1 N–H and O–H groups in total. The van der Waals surface area contributed by atoms with Crippen molar-refractivity contribution >= 4 is 11.7 Å². The predicted octanol–water partition coefficient (Wildman–Crippen LogP) is 2.57. The standard InChI is InChI=1S/C15H13FN2O/c16-13-6-3-7-14(17-13)18-15(19)12-8-10-4-1-2-5-11(10)9-12/h1-7,12H,8-9H2,(H,17,18,19). The highest BCUT2D eigenvalue weighted by Crippen LogP contribution is 2.27. The van der Waals surface area contributed by atoms with Crippen LogP contribution in [0.5, 0.6) is 0 Å². The number of hydrogen-bond acceptors (Lipinski definition) is 2. The van der Waals surface area contributed by atoms with E-state index in [1.807, 2.05) is 24.3 Å². The number of nitrogens with one attached hydrogen (secondary N) is 1. The van der Waals surface area contributed by atoms with Gasteiger partial charge in [-0.25, -0.2) is 4.98 Å². The summed E-state index contributed by atoms with van der Waals surface area (Å²) in [6.45, 7) is 0. The molecule has 0 radical (unpaired) electrons. The van der Waals surface area contributed by atoms with Gasteiger partial charge >= 0.3 is 0 Å². The van der Waals surface area contributed by atoms with Crippen LogP contribution in [-0.2, 0) is 17.6 Å². The molecule has 0 saturated carbocycles. The zero-order valence-electron chi connectivity index (χ0n) is 10.3. The van der Waals surface area contributed by atoms with Crippen molar-refractivity contribution < 1.29 is 9.18 Å². The molecular weight excluding hydrogens is 243 g/mol. The molecule has 1 aromatic heterocycles. The van der Waals surface area contributed by atoms with Crippen molar-refractivity contribution in [2.45, 2.75) is 12.8 Å². The minimum absolute atomic E-state index is 0.0949. The predicted molar refractivity (Wildman–Crippen MR) is 70.2 cm³/mol. The number of pyridine rings is 1. The van der Waals surface area contributed by atoms with Gasteiger partial charge in [0.15, 0.2) is 0 Å². The molecule has 1 heterocycles. The fourth-order valence-electron chi connectivity index (χ4n) is 2.45. The normalized spacial score (nSPS) is 14.2. The van der Waals surface area contributed by atoms with Gasteiger partial charge in [0.1, 0.15) is 5.82 Å². The fraction of sp³-hybridized carbons (Fsp3) is 0.200. The number of fused-ring (bicyclic) bond motifs is 1. The smallest absolute Gasteiger partial charge is 0.229 e. The quantitative estimate of drug-likeness (QED) is 0.839. The maximum Gasteiger partial charge on any atom is 0.229 e. The molecule has 1 aromatic carbocycles. The minimum atomic E-state index is -0.590. The summed E-state index contributed by atoms with van der Waals surface area (Å²) in [6, 6.07) is 12.4. The van der Waals surface area contributed by atoms with Crippen molar-refractivity contribution in [3.8, 4) is 0 Å². The average Bonchev–Trinajstić information content (AvgIpc) is 2.82. The summed E-state index contributed by atoms with van der Waals surface area (Å²) in [5.74, 6) is -0.523. The first kappa shape index (κ1) is 11.8. The Morgan fingerprint density at radius 2 is 1.79 bits per heavy atom. The van der Waals surface area contributed by atoms with Crippen LogP contribution >= 0.6 is 0 Å². The summed E-state index contributed by atoms with van der Waals surface area (Å²) in [5, 5.41) is 2.67. The second-order valence-electron chi connectivity index (χ2n) is 4.71. The molecule has 1 aliphatic rings. The van der Waals surface area contributed by atoms with Crippen molar-refractivity contribution in [2.24, 2.45) is 5.92 Å². The Hall–Kier alpha value is -2.23. The van der Waals surface area contributed by atoms with Crippen LogP contribution in [0.2, 0.25) is 0 Å². The molecule has 0 aliphatic heterocycles. The molecular formula is C15H13FN2O. The van der Waals surface area contributed by atoms with Crippen LogP contribution in [0, 0.1) is 11.9 Å². The van der Waals surface area contributed by atoms with Gasteiger partial charge in [-0.05, 0) is 36.1 Å². The Bertz CT molecular complexity index is 602. The van der Waals surface area contributed by atoms with Gasteiger partial charge in [0, 0.05) is 5.92 Å². The lowest BCUT2D eigenvalue weighted by molar-refractivity contribution is -0.119. The highest BCUT2D eigenvalue weighted by molar-refractivity contribution is 5.92. The lowest BCUT2D eigenvalue weighted by Gasteiger charge is -2.09. The third kappa shape index (κ3) is 2.47. The Morgan fingerprint density at radius 3 is 2.42 bits per heavy atom. The number of carbonyl (C=O) groups is 1. The zero-order valence-corrected chi connectivity index (χ0v) is 10.3. The summed E-state index contributed by atoms with van der Waals surface area (Å²) in [5.41, 5.74) is 2.43. The number of halogens is 1. The highest BCUT2D eigenvalue weighted by Gasteiger charge is 2.27. The van der Waals surface area contributed by atoms with Gasteiger partial charge in [-0.2, -0.15) is 4.39 Å². The third-order valence-electron chi connectivity index (χ3n) is 3.39. The van der Waals surface area contributed by atoms with Crippen molar-refractivity contribution in [2.75, 3.05) is 5.32 Å². The van der Waals surface area contributed by atoms with Crippen LogP contribution in [0.25, 0.3) is 0 Å². The van der Waals surface area contributed by atoms with Crippen LogP contribution in [-0.4, -0.2) is 10.9 Å². The zero-order chi connectivity index (χ0) is 13.2. The average molecular weight is 256 g/mol. The number of hydrogen-bond donors (Lipinski definition) is 1. The molecule has 0 spiro atoms. The van der Waals surface area contributed by atoms with E-state index in [-0.39, 0.29) is 17.6 Å². The summed E-state index contributed by atoms with van der Waals surface area (Å²) >= 11 is 0. The highest BCUT2D eigenvalue weighted by atomic mass is 19.1. The Morgan fingerprint density at radius 1 is 1.11 bits per heavy atom. The van der Waals surface area contributed by atoms with Gasteiger partial charge in [-0.3, -0.25) is 4.79 Å². The van der Waals surface area contributed by atoms with Crippen molar-refractivity contribution in [3.63, 3.8) is 0 Å². The van der Waals surface area contributed by atoms with E-state index in [0.29, 0.717) is 0 Å². The molecule has 4 heteroatoms. The molecule has 1 aliphatic carbocycles. The minimum Gasteiger partial charge on any atom is -0.310 e. The molecule has 3 rings (SSSR count). The molecule has 19 heavy (non-hydrogen) atoms. The molecule has 0 saturated heterocycles. The monoisotopic (exact) mass is 256 g/mol. The van der Waals surface area contributed by atoms with E-state index in [2.05, 4.69) is 10.3 Å². The Labute approximate surface area is 110 Å². The van der Waals surface area contributed by atoms with E-state index in [1.165, 1.54) is 23.3 Å². The van der Waals surface area contributed by atoms with Gasteiger partial charge in [0.05, 0.1) is 0 Å². The Kier molecular flexibility index (Phi) is 2.99. The van der Waals surface area contributed by atoms with Crippen LogP contribution < -0.4 is 5.32 Å². The fourth-order valence-corrected chi connectivity index (χ4v) is 2.45. The molecule has 2 aromatic rings. The van der Waals surface area contributed by atoms with Gasteiger partial charge in [-0.15, -0.1) is 0 Å². The van der Waals surface area contributed by atoms with Crippen LogP contribution in [0.4, 0.5) is 10.2 Å². The van der Waals surface area contributed by atoms with Gasteiger partial charge < -0.3 is 5.32 Å². The van der Waals surface area contributed by atoms with Gasteiger partial charge in [0.2, 0.25) is 11.9 Å². The maximum atomic E-state index is 12.9. The summed E-state index contributed by atoms with van der Waals surface area (Å²) in [4.78, 5) is 15.8. The van der Waals surface area contributed by atoms with Crippen LogP contribution in [0.15, 0.2) is 42.5 Å². The Balaban J connectivity index is 1.70. The third-order valence-corrected chi connectivity index (χ3v) is 3.39. The van der Waals surface area contributed by atoms with E-state index in [4.69, 9.17) is 0 Å². The van der Waals surface area contributed by atoms with E-state index < -0.39 is 5.95 Å². The van der Waals surface area contributed by atoms with Gasteiger partial charge in [-0.1, -0.05) is 30.3 Å². The van der Waals surface area contributed by atoms with Crippen LogP contribution in [0.3, 0.4) is 0 Å². The number of rotatable bonds is 2. The number of amides is 1. The molecule has 0 fully saturated rings. The van der Waals surface area contributed by atoms with E-state index in [9.17, 15) is 9.18 Å².